The van der Waals surface area contributed by atoms with Crippen LogP contribution in [0.15, 0.2) is 29.2 Å². The van der Waals surface area contributed by atoms with Gasteiger partial charge in [-0.3, -0.25) is 4.79 Å². The molecule has 0 bridgehead atoms. The summed E-state index contributed by atoms with van der Waals surface area (Å²) in [6, 6.07) is 7.71. The Morgan fingerprint density at radius 2 is 1.95 bits per heavy atom. The van der Waals surface area contributed by atoms with Crippen molar-refractivity contribution in [3.63, 3.8) is 0 Å². The second-order valence-corrected chi connectivity index (χ2v) is 5.11. The highest BCUT2D eigenvalue weighted by Crippen LogP contribution is 2.20. The predicted octanol–water partition coefficient (Wildman–Crippen LogP) is 1.90. The van der Waals surface area contributed by atoms with Crippen LogP contribution >= 0.6 is 11.8 Å². The van der Waals surface area contributed by atoms with Gasteiger partial charge in [-0.25, -0.2) is 0 Å². The monoisotopic (exact) mass is 282 g/mol. The van der Waals surface area contributed by atoms with E-state index < -0.39 is 0 Å². The summed E-state index contributed by atoms with van der Waals surface area (Å²) in [5, 5.41) is 6.13. The van der Waals surface area contributed by atoms with Crippen LogP contribution in [0.2, 0.25) is 0 Å². The van der Waals surface area contributed by atoms with Crippen molar-refractivity contribution in [1.29, 1.82) is 0 Å². The molecule has 1 rings (SSSR count). The standard InChI is InChI=1S/C14H22N2O2S/c1-3-8-15-9-10-16-14(17)11-19-13-6-4-12(18-2)5-7-13/h4-7,15H,3,8-11H2,1-2H3,(H,16,17). The molecule has 0 radical (unpaired) electrons. The third-order valence-corrected chi connectivity index (χ3v) is 3.49. The lowest BCUT2D eigenvalue weighted by Crippen LogP contribution is -2.33. The van der Waals surface area contributed by atoms with Crippen LogP contribution in [0.1, 0.15) is 13.3 Å². The van der Waals surface area contributed by atoms with Gasteiger partial charge in [0.2, 0.25) is 5.91 Å². The summed E-state index contributed by atoms with van der Waals surface area (Å²) in [7, 11) is 1.64. The molecule has 0 saturated heterocycles. The zero-order valence-electron chi connectivity index (χ0n) is 11.6. The number of thioether (sulfide) groups is 1. The Morgan fingerprint density at radius 1 is 1.21 bits per heavy atom. The summed E-state index contributed by atoms with van der Waals surface area (Å²) >= 11 is 1.53. The quantitative estimate of drug-likeness (QED) is 0.536. The van der Waals surface area contributed by atoms with Gasteiger partial charge in [0.1, 0.15) is 5.75 Å². The van der Waals surface area contributed by atoms with E-state index in [1.807, 2.05) is 24.3 Å². The zero-order chi connectivity index (χ0) is 13.9. The molecule has 0 aliphatic carbocycles. The van der Waals surface area contributed by atoms with Crippen molar-refractivity contribution in [2.24, 2.45) is 0 Å². The fourth-order valence-electron chi connectivity index (χ4n) is 1.46. The van der Waals surface area contributed by atoms with Crippen LogP contribution in [0.4, 0.5) is 0 Å². The van der Waals surface area contributed by atoms with Crippen LogP contribution in [-0.2, 0) is 4.79 Å². The van der Waals surface area contributed by atoms with Crippen LogP contribution < -0.4 is 15.4 Å². The lowest BCUT2D eigenvalue weighted by atomic mass is 10.3. The van der Waals surface area contributed by atoms with E-state index in [1.165, 1.54) is 11.8 Å². The molecule has 0 atom stereocenters. The van der Waals surface area contributed by atoms with Crippen LogP contribution in [-0.4, -0.2) is 38.4 Å². The highest BCUT2D eigenvalue weighted by Gasteiger charge is 2.02. The molecule has 1 aromatic carbocycles. The maximum Gasteiger partial charge on any atom is 0.230 e. The average Bonchev–Trinajstić information content (AvgIpc) is 2.45. The average molecular weight is 282 g/mol. The Labute approximate surface area is 119 Å². The maximum absolute atomic E-state index is 11.6. The van der Waals surface area contributed by atoms with Gasteiger partial charge in [-0.15, -0.1) is 11.8 Å². The zero-order valence-corrected chi connectivity index (χ0v) is 12.4. The lowest BCUT2D eigenvalue weighted by molar-refractivity contribution is -0.118. The first-order chi connectivity index (χ1) is 9.26. The molecule has 1 amide bonds. The van der Waals surface area contributed by atoms with Gasteiger partial charge in [0.25, 0.3) is 0 Å². The second-order valence-electron chi connectivity index (χ2n) is 4.06. The molecule has 0 aliphatic rings. The van der Waals surface area contributed by atoms with E-state index in [9.17, 15) is 4.79 Å². The SMILES string of the molecule is CCCNCCNC(=O)CSc1ccc(OC)cc1. The first kappa shape index (κ1) is 15.9. The Bertz CT molecular complexity index is 368. The van der Waals surface area contributed by atoms with Gasteiger partial charge in [0.15, 0.2) is 0 Å². The van der Waals surface area contributed by atoms with Crippen molar-refractivity contribution >= 4 is 17.7 Å². The molecule has 4 nitrogen and oxygen atoms in total. The van der Waals surface area contributed by atoms with E-state index >= 15 is 0 Å². The fraction of sp³-hybridized carbons (Fsp3) is 0.500. The lowest BCUT2D eigenvalue weighted by Gasteiger charge is -2.06. The fourth-order valence-corrected chi connectivity index (χ4v) is 2.19. The van der Waals surface area contributed by atoms with E-state index in [1.54, 1.807) is 7.11 Å². The second kappa shape index (κ2) is 9.69. The van der Waals surface area contributed by atoms with Gasteiger partial charge < -0.3 is 15.4 Å². The summed E-state index contributed by atoms with van der Waals surface area (Å²) in [5.41, 5.74) is 0. The number of methoxy groups -OCH3 is 1. The Hall–Kier alpha value is -1.20. The Morgan fingerprint density at radius 3 is 2.58 bits per heavy atom. The summed E-state index contributed by atoms with van der Waals surface area (Å²) in [6.45, 7) is 4.63. The minimum Gasteiger partial charge on any atom is -0.497 e. The molecule has 0 fully saturated rings. The van der Waals surface area contributed by atoms with Crippen molar-refractivity contribution in [3.8, 4) is 5.75 Å². The van der Waals surface area contributed by atoms with Crippen molar-refractivity contribution < 1.29 is 9.53 Å². The third kappa shape index (κ3) is 7.08. The predicted molar refractivity (Wildman–Crippen MR) is 79.9 cm³/mol. The molecule has 0 unspecified atom stereocenters. The number of carbonyl (C=O) groups is 1. The number of hydrogen-bond donors (Lipinski definition) is 2. The Balaban J connectivity index is 2.15. The Kier molecular flexibility index (Phi) is 8.09. The molecule has 0 aromatic heterocycles. The number of hydrogen-bond acceptors (Lipinski definition) is 4. The highest BCUT2D eigenvalue weighted by atomic mass is 32.2. The summed E-state index contributed by atoms with van der Waals surface area (Å²) < 4.78 is 5.08. The normalized spacial score (nSPS) is 10.2. The van der Waals surface area contributed by atoms with Crippen LogP contribution in [0.25, 0.3) is 0 Å². The largest absolute Gasteiger partial charge is 0.497 e. The van der Waals surface area contributed by atoms with Gasteiger partial charge in [0, 0.05) is 18.0 Å². The molecule has 0 saturated carbocycles. The first-order valence-electron chi connectivity index (χ1n) is 6.50. The first-order valence-corrected chi connectivity index (χ1v) is 7.49. The van der Waals surface area contributed by atoms with E-state index in [4.69, 9.17) is 4.74 Å². The minimum atomic E-state index is 0.0686. The van der Waals surface area contributed by atoms with E-state index in [2.05, 4.69) is 17.6 Å². The topological polar surface area (TPSA) is 50.4 Å². The van der Waals surface area contributed by atoms with Crippen LogP contribution in [0.5, 0.6) is 5.75 Å². The number of benzene rings is 1. The van der Waals surface area contributed by atoms with Crippen LogP contribution in [0.3, 0.4) is 0 Å². The third-order valence-electron chi connectivity index (χ3n) is 2.48. The van der Waals surface area contributed by atoms with Crippen molar-refractivity contribution in [2.75, 3.05) is 32.5 Å². The summed E-state index contributed by atoms with van der Waals surface area (Å²) in [6.07, 6.45) is 1.11. The molecule has 19 heavy (non-hydrogen) atoms. The smallest absolute Gasteiger partial charge is 0.230 e. The number of ether oxygens (including phenoxy) is 1. The van der Waals surface area contributed by atoms with Crippen molar-refractivity contribution in [3.05, 3.63) is 24.3 Å². The maximum atomic E-state index is 11.6. The molecular weight excluding hydrogens is 260 g/mol. The molecule has 5 heteroatoms. The molecule has 1 aromatic rings. The van der Waals surface area contributed by atoms with Gasteiger partial charge in [-0.05, 0) is 37.2 Å². The highest BCUT2D eigenvalue weighted by molar-refractivity contribution is 8.00. The summed E-state index contributed by atoms with van der Waals surface area (Å²) in [4.78, 5) is 12.7. The number of carbonyl (C=O) groups excluding carboxylic acids is 1. The van der Waals surface area contributed by atoms with Gasteiger partial charge >= 0.3 is 0 Å². The van der Waals surface area contributed by atoms with Gasteiger partial charge in [-0.1, -0.05) is 6.92 Å². The van der Waals surface area contributed by atoms with E-state index in [0.717, 1.165) is 30.2 Å². The number of rotatable bonds is 9. The molecule has 2 N–H and O–H groups in total. The molecule has 0 spiro atoms. The molecular formula is C14H22N2O2S. The number of amides is 1. The van der Waals surface area contributed by atoms with E-state index in [-0.39, 0.29) is 5.91 Å². The van der Waals surface area contributed by atoms with Gasteiger partial charge in [-0.2, -0.15) is 0 Å². The number of nitrogens with one attached hydrogen (secondary N) is 2. The molecule has 0 heterocycles. The van der Waals surface area contributed by atoms with Crippen molar-refractivity contribution in [1.82, 2.24) is 10.6 Å². The van der Waals surface area contributed by atoms with Crippen LogP contribution in [0, 0.1) is 0 Å². The molecule has 0 aliphatic heterocycles. The molecule has 106 valence electrons. The summed E-state index contributed by atoms with van der Waals surface area (Å²) in [5.74, 6) is 1.34. The van der Waals surface area contributed by atoms with Crippen molar-refractivity contribution in [2.45, 2.75) is 18.2 Å². The minimum absolute atomic E-state index is 0.0686. The van der Waals surface area contributed by atoms with E-state index in [0.29, 0.717) is 12.3 Å². The van der Waals surface area contributed by atoms with Gasteiger partial charge in [0.05, 0.1) is 12.9 Å².